The molecule has 6 nitrogen and oxygen atoms in total. The van der Waals surface area contributed by atoms with Gasteiger partial charge < -0.3 is 24.5 Å². The maximum atomic E-state index is 12.7. The summed E-state index contributed by atoms with van der Waals surface area (Å²) in [4.78, 5) is 14.4. The van der Waals surface area contributed by atoms with Crippen molar-refractivity contribution in [1.29, 1.82) is 0 Å². The van der Waals surface area contributed by atoms with Crippen molar-refractivity contribution < 1.29 is 18.7 Å². The fourth-order valence-electron chi connectivity index (χ4n) is 3.01. The summed E-state index contributed by atoms with van der Waals surface area (Å²) in [5, 5.41) is 0. The Morgan fingerprint density at radius 1 is 1.21 bits per heavy atom. The topological polar surface area (TPSA) is 77.9 Å². The average Bonchev–Trinajstić information content (AvgIpc) is 3.02. The molecule has 6 heteroatoms. The molecular formula is C18H22N2O4. The van der Waals surface area contributed by atoms with E-state index in [4.69, 9.17) is 19.6 Å². The Morgan fingerprint density at radius 2 is 1.92 bits per heavy atom. The number of amides is 1. The smallest absolute Gasteiger partial charge is 0.289 e. The number of anilines is 1. The molecule has 1 aliphatic heterocycles. The van der Waals surface area contributed by atoms with E-state index in [2.05, 4.69) is 0 Å². The largest absolute Gasteiger partial charge is 0.496 e. The Kier molecular flexibility index (Phi) is 4.49. The van der Waals surface area contributed by atoms with Crippen LogP contribution in [0.15, 0.2) is 34.7 Å². The van der Waals surface area contributed by atoms with E-state index in [0.29, 0.717) is 36.0 Å². The molecule has 1 saturated heterocycles. The Balaban J connectivity index is 1.84. The van der Waals surface area contributed by atoms with E-state index in [9.17, 15) is 4.79 Å². The summed E-state index contributed by atoms with van der Waals surface area (Å²) in [6.45, 7) is 5.04. The Labute approximate surface area is 141 Å². The van der Waals surface area contributed by atoms with Gasteiger partial charge in [0.1, 0.15) is 11.5 Å². The lowest BCUT2D eigenvalue weighted by Crippen LogP contribution is -2.48. The third-order valence-electron chi connectivity index (χ3n) is 4.01. The molecule has 1 aliphatic rings. The van der Waals surface area contributed by atoms with Crippen LogP contribution >= 0.6 is 0 Å². The summed E-state index contributed by atoms with van der Waals surface area (Å²) in [5.41, 5.74) is 7.14. The molecule has 0 spiro atoms. The first kappa shape index (κ1) is 16.4. The number of nitrogens with zero attached hydrogens (tertiary/aromatic N) is 1. The SMILES string of the molecule is COc1cc(N)ccc1-c1ccc(C(=O)N2C[C@H](C)O[C@@H](C)C2)o1. The molecule has 1 fully saturated rings. The normalized spacial score (nSPS) is 20.9. The second-order valence-corrected chi connectivity index (χ2v) is 6.09. The van der Waals surface area contributed by atoms with Crippen molar-refractivity contribution in [2.75, 3.05) is 25.9 Å². The number of nitrogen functional groups attached to an aromatic ring is 1. The van der Waals surface area contributed by atoms with Gasteiger partial charge in [-0.1, -0.05) is 0 Å². The van der Waals surface area contributed by atoms with Crippen molar-refractivity contribution in [2.24, 2.45) is 0 Å². The molecule has 1 amide bonds. The van der Waals surface area contributed by atoms with Crippen LogP contribution in [0.1, 0.15) is 24.4 Å². The van der Waals surface area contributed by atoms with Gasteiger partial charge >= 0.3 is 0 Å². The van der Waals surface area contributed by atoms with Crippen LogP contribution in [0.5, 0.6) is 5.75 Å². The first-order valence-corrected chi connectivity index (χ1v) is 7.96. The highest BCUT2D eigenvalue weighted by molar-refractivity contribution is 5.92. The van der Waals surface area contributed by atoms with E-state index in [1.165, 1.54) is 0 Å². The average molecular weight is 330 g/mol. The monoisotopic (exact) mass is 330 g/mol. The molecule has 1 aromatic heterocycles. The molecule has 2 N–H and O–H groups in total. The van der Waals surface area contributed by atoms with Crippen LogP contribution in [-0.4, -0.2) is 43.2 Å². The van der Waals surface area contributed by atoms with E-state index in [-0.39, 0.29) is 18.1 Å². The zero-order valence-electron chi connectivity index (χ0n) is 14.1. The lowest BCUT2D eigenvalue weighted by Gasteiger charge is -2.34. The molecule has 2 heterocycles. The van der Waals surface area contributed by atoms with Crippen LogP contribution in [0.2, 0.25) is 0 Å². The number of carbonyl (C=O) groups excluding carboxylic acids is 1. The number of rotatable bonds is 3. The molecule has 2 aromatic rings. The number of benzene rings is 1. The highest BCUT2D eigenvalue weighted by Gasteiger charge is 2.28. The maximum Gasteiger partial charge on any atom is 0.289 e. The molecule has 1 aromatic carbocycles. The minimum Gasteiger partial charge on any atom is -0.496 e. The van der Waals surface area contributed by atoms with Crippen molar-refractivity contribution in [3.8, 4) is 17.1 Å². The van der Waals surface area contributed by atoms with Gasteiger partial charge in [0.2, 0.25) is 0 Å². The lowest BCUT2D eigenvalue weighted by molar-refractivity contribution is -0.0592. The zero-order valence-corrected chi connectivity index (χ0v) is 14.1. The van der Waals surface area contributed by atoms with Gasteiger partial charge in [0.25, 0.3) is 5.91 Å². The Hall–Kier alpha value is -2.47. The van der Waals surface area contributed by atoms with Gasteiger partial charge in [-0.25, -0.2) is 0 Å². The molecule has 0 saturated carbocycles. The maximum absolute atomic E-state index is 12.7. The number of nitrogens with two attached hydrogens (primary N) is 1. The van der Waals surface area contributed by atoms with Gasteiger partial charge in [0, 0.05) is 24.8 Å². The summed E-state index contributed by atoms with van der Waals surface area (Å²) in [7, 11) is 1.57. The summed E-state index contributed by atoms with van der Waals surface area (Å²) < 4.78 is 16.8. The van der Waals surface area contributed by atoms with Crippen LogP contribution in [0.25, 0.3) is 11.3 Å². The molecule has 24 heavy (non-hydrogen) atoms. The minimum atomic E-state index is -0.127. The van der Waals surface area contributed by atoms with Crippen molar-refractivity contribution in [3.63, 3.8) is 0 Å². The number of morpholine rings is 1. The third kappa shape index (κ3) is 3.23. The second kappa shape index (κ2) is 6.57. The van der Waals surface area contributed by atoms with E-state index < -0.39 is 0 Å². The number of methoxy groups -OCH3 is 1. The van der Waals surface area contributed by atoms with Gasteiger partial charge in [-0.2, -0.15) is 0 Å². The highest BCUT2D eigenvalue weighted by atomic mass is 16.5. The van der Waals surface area contributed by atoms with Crippen molar-refractivity contribution >= 4 is 11.6 Å². The summed E-state index contributed by atoms with van der Waals surface area (Å²) in [5.74, 6) is 1.37. The molecule has 0 bridgehead atoms. The van der Waals surface area contributed by atoms with Gasteiger partial charge in [0.05, 0.1) is 24.9 Å². The minimum absolute atomic E-state index is 0.0179. The number of hydrogen-bond donors (Lipinski definition) is 1. The molecule has 0 unspecified atom stereocenters. The van der Waals surface area contributed by atoms with Crippen LogP contribution in [0, 0.1) is 0 Å². The molecular weight excluding hydrogens is 308 g/mol. The van der Waals surface area contributed by atoms with E-state index in [0.717, 1.165) is 5.56 Å². The third-order valence-corrected chi connectivity index (χ3v) is 4.01. The van der Waals surface area contributed by atoms with Crippen LogP contribution in [0.3, 0.4) is 0 Å². The molecule has 2 atom stereocenters. The highest BCUT2D eigenvalue weighted by Crippen LogP contribution is 2.33. The number of ether oxygens (including phenoxy) is 2. The molecule has 128 valence electrons. The summed E-state index contributed by atoms with van der Waals surface area (Å²) in [6, 6.07) is 8.78. The van der Waals surface area contributed by atoms with E-state index >= 15 is 0 Å². The Morgan fingerprint density at radius 3 is 2.58 bits per heavy atom. The van der Waals surface area contributed by atoms with Crippen LogP contribution in [-0.2, 0) is 4.74 Å². The zero-order chi connectivity index (χ0) is 17.3. The predicted octanol–water partition coefficient (Wildman–Crippen LogP) is 2.79. The fraction of sp³-hybridized carbons (Fsp3) is 0.389. The van der Waals surface area contributed by atoms with Gasteiger partial charge in [-0.15, -0.1) is 0 Å². The van der Waals surface area contributed by atoms with Crippen molar-refractivity contribution in [3.05, 3.63) is 36.1 Å². The summed E-state index contributed by atoms with van der Waals surface area (Å²) >= 11 is 0. The predicted molar refractivity (Wildman–Crippen MR) is 91.0 cm³/mol. The van der Waals surface area contributed by atoms with Gasteiger partial charge in [0.15, 0.2) is 5.76 Å². The van der Waals surface area contributed by atoms with Crippen LogP contribution in [0.4, 0.5) is 5.69 Å². The molecule has 0 aliphatic carbocycles. The van der Waals surface area contributed by atoms with E-state index in [1.807, 2.05) is 19.9 Å². The first-order chi connectivity index (χ1) is 11.5. The number of furan rings is 1. The van der Waals surface area contributed by atoms with Crippen molar-refractivity contribution in [1.82, 2.24) is 4.90 Å². The van der Waals surface area contributed by atoms with Crippen molar-refractivity contribution in [2.45, 2.75) is 26.1 Å². The Bertz CT molecular complexity index is 730. The summed E-state index contributed by atoms with van der Waals surface area (Å²) in [6.07, 6.45) is 0.0358. The molecule has 3 rings (SSSR count). The standard InChI is InChI=1S/C18H22N2O4/c1-11-9-20(10-12(2)23-11)18(21)16-7-6-15(24-16)14-5-4-13(19)8-17(14)22-3/h4-8,11-12H,9-10,19H2,1-3H3/t11-,12-/m0/s1. The van der Waals surface area contributed by atoms with Gasteiger partial charge in [-0.3, -0.25) is 4.79 Å². The second-order valence-electron chi connectivity index (χ2n) is 6.09. The van der Waals surface area contributed by atoms with Gasteiger partial charge in [-0.05, 0) is 38.1 Å². The first-order valence-electron chi connectivity index (χ1n) is 7.96. The van der Waals surface area contributed by atoms with E-state index in [1.54, 1.807) is 36.3 Å². The molecule has 0 radical (unpaired) electrons. The fourth-order valence-corrected chi connectivity index (χ4v) is 3.01. The number of hydrogen-bond acceptors (Lipinski definition) is 5. The quantitative estimate of drug-likeness (QED) is 0.876. The number of carbonyl (C=O) groups is 1. The lowest BCUT2D eigenvalue weighted by atomic mass is 10.1. The van der Waals surface area contributed by atoms with Crippen LogP contribution < -0.4 is 10.5 Å².